The zero-order chi connectivity index (χ0) is 7.33. The largest absolute Gasteiger partial charge is 0.370 e. The van der Waals surface area contributed by atoms with Crippen LogP contribution in [-0.4, -0.2) is 5.60 Å². The topological polar surface area (TPSA) is 9.23 Å². The molecule has 0 aromatic rings. The fourth-order valence-corrected chi connectivity index (χ4v) is 0.980. The summed E-state index contributed by atoms with van der Waals surface area (Å²) < 4.78 is 5.34. The fourth-order valence-electron chi connectivity index (χ4n) is 0.980. The van der Waals surface area contributed by atoms with Crippen LogP contribution in [0.5, 0.6) is 0 Å². The summed E-state index contributed by atoms with van der Waals surface area (Å²) in [5.41, 5.74) is 0.0451. The second-order valence-electron chi connectivity index (χ2n) is 2.86. The third-order valence-electron chi connectivity index (χ3n) is 1.29. The van der Waals surface area contributed by atoms with Crippen LogP contribution in [0.25, 0.3) is 0 Å². The Morgan fingerprint density at radius 1 is 1.44 bits per heavy atom. The first-order valence-corrected chi connectivity index (χ1v) is 3.58. The number of rotatable bonds is 4. The van der Waals surface area contributed by atoms with Gasteiger partial charge in [0.2, 0.25) is 0 Å². The zero-order valence-electron chi connectivity index (χ0n) is 6.90. The Bertz CT molecular complexity index is 59.0. The van der Waals surface area contributed by atoms with Crippen LogP contribution in [-0.2, 0) is 4.74 Å². The second kappa shape index (κ2) is 3.89. The van der Waals surface area contributed by atoms with Crippen LogP contribution in [0.15, 0.2) is 0 Å². The first kappa shape index (κ1) is 8.96. The van der Waals surface area contributed by atoms with Crippen molar-refractivity contribution in [3.8, 4) is 0 Å². The third-order valence-corrected chi connectivity index (χ3v) is 1.29. The molecule has 0 unspecified atom stereocenters. The molecule has 0 aromatic carbocycles. The number of ether oxygens (including phenoxy) is 1. The van der Waals surface area contributed by atoms with Crippen LogP contribution < -0.4 is 0 Å². The molecule has 0 spiro atoms. The predicted molar refractivity (Wildman–Crippen MR) is 40.0 cm³/mol. The molecule has 0 bridgehead atoms. The van der Waals surface area contributed by atoms with E-state index in [1.54, 1.807) is 6.61 Å². The molecule has 0 aliphatic carbocycles. The Labute approximate surface area is 58.4 Å². The van der Waals surface area contributed by atoms with E-state index in [1.807, 2.05) is 6.92 Å². The van der Waals surface area contributed by atoms with Gasteiger partial charge in [-0.1, -0.05) is 13.3 Å². The van der Waals surface area contributed by atoms with Gasteiger partial charge in [-0.15, -0.1) is 0 Å². The van der Waals surface area contributed by atoms with Crippen molar-refractivity contribution >= 4 is 0 Å². The summed E-state index contributed by atoms with van der Waals surface area (Å²) in [7, 11) is 0. The Morgan fingerprint density at radius 2 is 2.00 bits per heavy atom. The minimum absolute atomic E-state index is 0.0451. The van der Waals surface area contributed by atoms with E-state index >= 15 is 0 Å². The van der Waals surface area contributed by atoms with Crippen LogP contribution in [0, 0.1) is 6.61 Å². The van der Waals surface area contributed by atoms with Crippen LogP contribution >= 0.6 is 0 Å². The van der Waals surface area contributed by atoms with Gasteiger partial charge >= 0.3 is 0 Å². The van der Waals surface area contributed by atoms with Crippen molar-refractivity contribution in [3.05, 3.63) is 6.61 Å². The summed E-state index contributed by atoms with van der Waals surface area (Å²) in [4.78, 5) is 0. The van der Waals surface area contributed by atoms with E-state index < -0.39 is 0 Å². The van der Waals surface area contributed by atoms with Gasteiger partial charge in [-0.2, -0.15) is 0 Å². The van der Waals surface area contributed by atoms with E-state index in [0.717, 1.165) is 6.42 Å². The second-order valence-corrected chi connectivity index (χ2v) is 2.86. The summed E-state index contributed by atoms with van der Waals surface area (Å²) in [6, 6.07) is 0. The van der Waals surface area contributed by atoms with Gasteiger partial charge in [-0.25, -0.2) is 0 Å². The highest BCUT2D eigenvalue weighted by Crippen LogP contribution is 2.16. The van der Waals surface area contributed by atoms with Gasteiger partial charge < -0.3 is 4.74 Å². The van der Waals surface area contributed by atoms with E-state index in [2.05, 4.69) is 20.8 Å². The molecule has 0 aromatic heterocycles. The van der Waals surface area contributed by atoms with Crippen molar-refractivity contribution in [2.45, 2.75) is 46.1 Å². The molecular weight excluding hydrogens is 112 g/mol. The number of hydrogen-bond donors (Lipinski definition) is 0. The molecule has 0 fully saturated rings. The van der Waals surface area contributed by atoms with Crippen molar-refractivity contribution in [2.75, 3.05) is 0 Å². The van der Waals surface area contributed by atoms with E-state index in [4.69, 9.17) is 4.74 Å². The van der Waals surface area contributed by atoms with Gasteiger partial charge in [0.1, 0.15) is 0 Å². The highest BCUT2D eigenvalue weighted by Gasteiger charge is 2.14. The molecule has 0 saturated heterocycles. The maximum atomic E-state index is 5.34. The van der Waals surface area contributed by atoms with Gasteiger partial charge in [0.05, 0.1) is 12.2 Å². The van der Waals surface area contributed by atoms with Crippen molar-refractivity contribution in [3.63, 3.8) is 0 Å². The molecule has 0 saturated carbocycles. The zero-order valence-corrected chi connectivity index (χ0v) is 6.90. The van der Waals surface area contributed by atoms with Crippen molar-refractivity contribution in [1.82, 2.24) is 0 Å². The van der Waals surface area contributed by atoms with E-state index in [1.165, 1.54) is 6.42 Å². The maximum absolute atomic E-state index is 5.34. The molecule has 0 heterocycles. The van der Waals surface area contributed by atoms with Gasteiger partial charge in [-0.05, 0) is 27.2 Å². The summed E-state index contributed by atoms with van der Waals surface area (Å²) in [5.74, 6) is 0. The standard InChI is InChI=1S/C8H17O/c1-5-7-8(3,4)9-6-2/h6H,5,7H2,1-4H3. The van der Waals surface area contributed by atoms with Crippen molar-refractivity contribution in [2.24, 2.45) is 0 Å². The normalized spacial score (nSPS) is 12.0. The Hall–Kier alpha value is -0.0400. The average Bonchev–Trinajstić information content (AvgIpc) is 1.64. The van der Waals surface area contributed by atoms with Crippen LogP contribution in [0.2, 0.25) is 0 Å². The molecule has 0 amide bonds. The maximum Gasteiger partial charge on any atom is 0.0813 e. The monoisotopic (exact) mass is 129 g/mol. The smallest absolute Gasteiger partial charge is 0.0813 e. The van der Waals surface area contributed by atoms with Crippen LogP contribution in [0.1, 0.15) is 40.5 Å². The Balaban J connectivity index is 3.43. The minimum atomic E-state index is 0.0451. The summed E-state index contributed by atoms with van der Waals surface area (Å²) >= 11 is 0. The van der Waals surface area contributed by atoms with E-state index in [9.17, 15) is 0 Å². The lowest BCUT2D eigenvalue weighted by Gasteiger charge is -2.23. The molecule has 0 atom stereocenters. The highest BCUT2D eigenvalue weighted by atomic mass is 16.5. The SMILES string of the molecule is C[CH]OC(C)(C)CCC. The van der Waals surface area contributed by atoms with E-state index in [0.29, 0.717) is 0 Å². The fraction of sp³-hybridized carbons (Fsp3) is 0.875. The van der Waals surface area contributed by atoms with Gasteiger partial charge in [0.25, 0.3) is 0 Å². The lowest BCUT2D eigenvalue weighted by molar-refractivity contribution is 0.0209. The Kier molecular flexibility index (Phi) is 3.87. The average molecular weight is 129 g/mol. The molecule has 55 valence electrons. The molecule has 9 heavy (non-hydrogen) atoms. The molecule has 1 radical (unpaired) electrons. The lowest BCUT2D eigenvalue weighted by atomic mass is 10.0. The minimum Gasteiger partial charge on any atom is -0.370 e. The molecule has 0 rings (SSSR count). The van der Waals surface area contributed by atoms with Gasteiger partial charge in [0.15, 0.2) is 0 Å². The van der Waals surface area contributed by atoms with Gasteiger partial charge in [-0.3, -0.25) is 0 Å². The first-order chi connectivity index (χ1) is 4.12. The van der Waals surface area contributed by atoms with E-state index in [-0.39, 0.29) is 5.60 Å². The quantitative estimate of drug-likeness (QED) is 0.567. The predicted octanol–water partition coefficient (Wildman–Crippen LogP) is 2.76. The molecule has 0 N–H and O–H groups in total. The number of hydrogen-bond acceptors (Lipinski definition) is 1. The molecular formula is C8H17O. The highest BCUT2D eigenvalue weighted by molar-refractivity contribution is 4.68. The molecule has 1 nitrogen and oxygen atoms in total. The van der Waals surface area contributed by atoms with Crippen LogP contribution in [0.4, 0.5) is 0 Å². The third kappa shape index (κ3) is 4.46. The van der Waals surface area contributed by atoms with Crippen molar-refractivity contribution < 1.29 is 4.74 Å². The van der Waals surface area contributed by atoms with Gasteiger partial charge in [0, 0.05) is 0 Å². The molecule has 0 aliphatic heterocycles. The van der Waals surface area contributed by atoms with Crippen molar-refractivity contribution in [1.29, 1.82) is 0 Å². The summed E-state index contributed by atoms with van der Waals surface area (Å²) in [5, 5.41) is 0. The molecule has 1 heteroatoms. The first-order valence-electron chi connectivity index (χ1n) is 3.58. The Morgan fingerprint density at radius 3 is 2.33 bits per heavy atom. The van der Waals surface area contributed by atoms with Crippen LogP contribution in [0.3, 0.4) is 0 Å². The molecule has 0 aliphatic rings. The summed E-state index contributed by atoms with van der Waals surface area (Å²) in [6.45, 7) is 10.1. The summed E-state index contributed by atoms with van der Waals surface area (Å²) in [6.07, 6.45) is 2.30. The lowest BCUT2D eigenvalue weighted by Crippen LogP contribution is -2.21.